The lowest BCUT2D eigenvalue weighted by molar-refractivity contribution is -0.145. The van der Waals surface area contributed by atoms with Crippen LogP contribution in [0.2, 0.25) is 0 Å². The molecule has 0 aliphatic carbocycles. The molecule has 2 aromatic rings. The van der Waals surface area contributed by atoms with Crippen molar-refractivity contribution in [2.75, 3.05) is 51.1 Å². The van der Waals surface area contributed by atoms with Crippen molar-refractivity contribution < 1.29 is 14.4 Å². The summed E-state index contributed by atoms with van der Waals surface area (Å²) in [6.45, 7) is 5.36. The minimum Gasteiger partial charge on any atom is -0.353 e. The Kier molecular flexibility index (Phi) is 8.31. The fourth-order valence-corrected chi connectivity index (χ4v) is 4.63. The lowest BCUT2D eigenvalue weighted by atomic mass is 10.1. The summed E-state index contributed by atoms with van der Waals surface area (Å²) in [4.78, 5) is 44.4. The normalized spacial score (nSPS) is 19.5. The van der Waals surface area contributed by atoms with Gasteiger partial charge in [0.05, 0.1) is 13.0 Å². The van der Waals surface area contributed by atoms with Gasteiger partial charge in [0.1, 0.15) is 6.04 Å². The number of piperazine rings is 2. The third-order valence-electron chi connectivity index (χ3n) is 6.23. The molecule has 0 unspecified atom stereocenters. The van der Waals surface area contributed by atoms with E-state index in [0.29, 0.717) is 18.8 Å². The van der Waals surface area contributed by atoms with Crippen LogP contribution < -0.4 is 10.6 Å². The first-order valence-corrected chi connectivity index (χ1v) is 12.4. The topological polar surface area (TPSA) is 85.0 Å². The average Bonchev–Trinajstić information content (AvgIpc) is 2.84. The van der Waals surface area contributed by atoms with Crippen molar-refractivity contribution >= 4 is 39.3 Å². The van der Waals surface area contributed by atoms with Gasteiger partial charge >= 0.3 is 0 Å². The molecular weight excluding hydrogens is 498 g/mol. The van der Waals surface area contributed by atoms with E-state index in [1.807, 2.05) is 18.2 Å². The van der Waals surface area contributed by atoms with Crippen molar-refractivity contribution in [1.29, 1.82) is 0 Å². The minimum atomic E-state index is -0.795. The van der Waals surface area contributed by atoms with Crippen LogP contribution in [0.15, 0.2) is 59.1 Å². The fourth-order valence-electron chi connectivity index (χ4n) is 4.37. The number of hydrogen-bond acceptors (Lipinski definition) is 5. The zero-order chi connectivity index (χ0) is 23.9. The number of rotatable bonds is 7. The van der Waals surface area contributed by atoms with E-state index in [4.69, 9.17) is 0 Å². The molecule has 2 saturated heterocycles. The number of anilines is 1. The largest absolute Gasteiger partial charge is 0.353 e. The number of nitrogens with zero attached hydrogens (tertiary/aromatic N) is 3. The second-order valence-electron chi connectivity index (χ2n) is 8.69. The maximum atomic E-state index is 13.1. The highest BCUT2D eigenvalue weighted by atomic mass is 79.9. The van der Waals surface area contributed by atoms with Crippen molar-refractivity contribution in [3.8, 4) is 0 Å². The quantitative estimate of drug-likeness (QED) is 0.574. The van der Waals surface area contributed by atoms with E-state index in [9.17, 15) is 14.4 Å². The highest BCUT2D eigenvalue weighted by Crippen LogP contribution is 2.16. The van der Waals surface area contributed by atoms with Gasteiger partial charge in [-0.3, -0.25) is 24.2 Å². The van der Waals surface area contributed by atoms with Crippen LogP contribution in [0.4, 0.5) is 5.69 Å². The molecule has 2 heterocycles. The fraction of sp³-hybridized carbons (Fsp3) is 0.400. The molecule has 3 amide bonds. The van der Waals surface area contributed by atoms with Crippen LogP contribution >= 0.6 is 15.9 Å². The molecule has 9 heteroatoms. The van der Waals surface area contributed by atoms with Gasteiger partial charge in [0.25, 0.3) is 0 Å². The van der Waals surface area contributed by atoms with Crippen molar-refractivity contribution in [2.24, 2.45) is 0 Å². The molecule has 0 bridgehead atoms. The molecule has 2 aromatic carbocycles. The van der Waals surface area contributed by atoms with Crippen molar-refractivity contribution in [3.05, 3.63) is 64.6 Å². The van der Waals surface area contributed by atoms with E-state index < -0.39 is 6.04 Å². The van der Waals surface area contributed by atoms with Crippen LogP contribution in [0.3, 0.4) is 0 Å². The van der Waals surface area contributed by atoms with Crippen molar-refractivity contribution in [1.82, 2.24) is 20.0 Å². The molecule has 4 rings (SSSR count). The molecular formula is C25H30BrN5O3. The SMILES string of the molecule is O=C(C[C@H]1C(=O)NCCN1C(=O)CN1CCN(Cc2ccccc2)CC1)Nc1ccc(Br)cc1. The Morgan fingerprint density at radius 3 is 2.32 bits per heavy atom. The lowest BCUT2D eigenvalue weighted by Gasteiger charge is -2.38. The molecule has 2 N–H and O–H groups in total. The summed E-state index contributed by atoms with van der Waals surface area (Å²) in [6, 6.07) is 16.8. The average molecular weight is 528 g/mol. The Balaban J connectivity index is 1.29. The van der Waals surface area contributed by atoms with Crippen LogP contribution in [0.1, 0.15) is 12.0 Å². The highest BCUT2D eigenvalue weighted by molar-refractivity contribution is 9.10. The van der Waals surface area contributed by atoms with Crippen LogP contribution in [-0.4, -0.2) is 84.3 Å². The zero-order valence-corrected chi connectivity index (χ0v) is 20.7. The summed E-state index contributed by atoms with van der Waals surface area (Å²) in [7, 11) is 0. The molecule has 2 aliphatic heterocycles. The summed E-state index contributed by atoms with van der Waals surface area (Å²) in [6.07, 6.45) is -0.0709. The number of amides is 3. The summed E-state index contributed by atoms with van der Waals surface area (Å²) < 4.78 is 0.912. The van der Waals surface area contributed by atoms with Crippen LogP contribution in [0, 0.1) is 0 Å². The van der Waals surface area contributed by atoms with Gasteiger partial charge in [0, 0.05) is 56.0 Å². The van der Waals surface area contributed by atoms with Crippen molar-refractivity contribution in [2.45, 2.75) is 19.0 Å². The smallest absolute Gasteiger partial charge is 0.243 e. The molecule has 34 heavy (non-hydrogen) atoms. The molecule has 8 nitrogen and oxygen atoms in total. The summed E-state index contributed by atoms with van der Waals surface area (Å²) in [5.74, 6) is -0.678. The molecule has 2 fully saturated rings. The summed E-state index contributed by atoms with van der Waals surface area (Å²) in [5.41, 5.74) is 1.94. The van der Waals surface area contributed by atoms with Gasteiger partial charge < -0.3 is 15.5 Å². The van der Waals surface area contributed by atoms with Gasteiger partial charge in [-0.2, -0.15) is 0 Å². The van der Waals surface area contributed by atoms with E-state index >= 15 is 0 Å². The van der Waals surface area contributed by atoms with Crippen LogP contribution in [-0.2, 0) is 20.9 Å². The van der Waals surface area contributed by atoms with Gasteiger partial charge in [-0.05, 0) is 29.8 Å². The Labute approximate surface area is 208 Å². The molecule has 0 aromatic heterocycles. The predicted molar refractivity (Wildman–Crippen MR) is 134 cm³/mol. The van der Waals surface area contributed by atoms with E-state index in [-0.39, 0.29) is 30.7 Å². The molecule has 180 valence electrons. The number of hydrogen-bond donors (Lipinski definition) is 2. The third kappa shape index (κ3) is 6.65. The lowest BCUT2D eigenvalue weighted by Crippen LogP contribution is -2.60. The zero-order valence-electron chi connectivity index (χ0n) is 19.1. The minimum absolute atomic E-state index is 0.0709. The van der Waals surface area contributed by atoms with Gasteiger partial charge in [-0.25, -0.2) is 0 Å². The number of carbonyl (C=O) groups is 3. The second kappa shape index (κ2) is 11.6. The molecule has 0 spiro atoms. The first-order valence-electron chi connectivity index (χ1n) is 11.6. The monoisotopic (exact) mass is 527 g/mol. The summed E-state index contributed by atoms with van der Waals surface area (Å²) in [5, 5.41) is 5.60. The Hall–Kier alpha value is -2.75. The first kappa shape index (κ1) is 24.4. The van der Waals surface area contributed by atoms with Crippen molar-refractivity contribution in [3.63, 3.8) is 0 Å². The number of benzene rings is 2. The molecule has 0 saturated carbocycles. The predicted octanol–water partition coefficient (Wildman–Crippen LogP) is 1.92. The highest BCUT2D eigenvalue weighted by Gasteiger charge is 2.35. The van der Waals surface area contributed by atoms with Gasteiger partial charge in [0.15, 0.2) is 0 Å². The standard InChI is InChI=1S/C25H30BrN5O3/c26-20-6-8-21(9-7-20)28-23(32)16-22-25(34)27-10-11-31(22)24(33)18-30-14-12-29(13-15-30)17-19-4-2-1-3-5-19/h1-9,22H,10-18H2,(H,27,34)(H,28,32)/t22-/m0/s1. The maximum Gasteiger partial charge on any atom is 0.243 e. The number of halogens is 1. The molecule has 1 atom stereocenters. The third-order valence-corrected chi connectivity index (χ3v) is 6.76. The molecule has 2 aliphatic rings. The second-order valence-corrected chi connectivity index (χ2v) is 9.61. The Morgan fingerprint density at radius 1 is 0.941 bits per heavy atom. The van der Waals surface area contributed by atoms with Gasteiger partial charge in [0.2, 0.25) is 17.7 Å². The van der Waals surface area contributed by atoms with E-state index in [0.717, 1.165) is 37.2 Å². The first-order chi connectivity index (χ1) is 16.5. The number of carbonyl (C=O) groups excluding carboxylic acids is 3. The molecule has 0 radical (unpaired) electrons. The van der Waals surface area contributed by atoms with Gasteiger partial charge in [-0.1, -0.05) is 46.3 Å². The van der Waals surface area contributed by atoms with E-state index in [1.165, 1.54) is 5.56 Å². The van der Waals surface area contributed by atoms with Gasteiger partial charge in [-0.15, -0.1) is 0 Å². The van der Waals surface area contributed by atoms with Crippen LogP contribution in [0.5, 0.6) is 0 Å². The van der Waals surface area contributed by atoms with Crippen LogP contribution in [0.25, 0.3) is 0 Å². The van der Waals surface area contributed by atoms with E-state index in [2.05, 4.69) is 60.6 Å². The van der Waals surface area contributed by atoms with E-state index in [1.54, 1.807) is 17.0 Å². The maximum absolute atomic E-state index is 13.1. The number of nitrogens with one attached hydrogen (secondary N) is 2. The Morgan fingerprint density at radius 2 is 1.62 bits per heavy atom. The summed E-state index contributed by atoms with van der Waals surface area (Å²) >= 11 is 3.37. The Bertz CT molecular complexity index is 993.